The minimum atomic E-state index is -3.79. The maximum Gasteiger partial charge on any atom is 0.244 e. The Labute approximate surface area is 114 Å². The SMILES string of the molecule is COc1cc(Br)c(N)cc1S(=O)(=O)N[C@H](C)CO. The molecule has 0 heterocycles. The van der Waals surface area contributed by atoms with Crippen molar-refractivity contribution in [2.24, 2.45) is 0 Å². The van der Waals surface area contributed by atoms with Gasteiger partial charge in [-0.3, -0.25) is 0 Å². The van der Waals surface area contributed by atoms with Crippen molar-refractivity contribution < 1.29 is 18.3 Å². The summed E-state index contributed by atoms with van der Waals surface area (Å²) in [7, 11) is -2.42. The van der Waals surface area contributed by atoms with E-state index in [0.29, 0.717) is 4.47 Å². The van der Waals surface area contributed by atoms with Gasteiger partial charge in [-0.05, 0) is 35.0 Å². The zero-order valence-electron chi connectivity index (χ0n) is 9.97. The summed E-state index contributed by atoms with van der Waals surface area (Å²) in [5.74, 6) is 0.175. The van der Waals surface area contributed by atoms with Gasteiger partial charge in [0.1, 0.15) is 10.6 Å². The van der Waals surface area contributed by atoms with Crippen LogP contribution in [0, 0.1) is 0 Å². The van der Waals surface area contributed by atoms with Crippen LogP contribution in [0.5, 0.6) is 5.75 Å². The Balaban J connectivity index is 3.27. The number of anilines is 1. The third-order valence-electron chi connectivity index (χ3n) is 2.20. The van der Waals surface area contributed by atoms with Gasteiger partial charge in [0.15, 0.2) is 0 Å². The van der Waals surface area contributed by atoms with Crippen molar-refractivity contribution in [3.05, 3.63) is 16.6 Å². The van der Waals surface area contributed by atoms with E-state index in [9.17, 15) is 8.42 Å². The molecule has 1 rings (SSSR count). The fourth-order valence-corrected chi connectivity index (χ4v) is 3.03. The van der Waals surface area contributed by atoms with Crippen LogP contribution in [0.1, 0.15) is 6.92 Å². The van der Waals surface area contributed by atoms with Crippen molar-refractivity contribution in [3.8, 4) is 5.75 Å². The summed E-state index contributed by atoms with van der Waals surface area (Å²) in [6.45, 7) is 1.25. The number of hydrogen-bond acceptors (Lipinski definition) is 5. The van der Waals surface area contributed by atoms with E-state index in [1.807, 2.05) is 0 Å². The van der Waals surface area contributed by atoms with Crippen LogP contribution in [0.3, 0.4) is 0 Å². The first-order chi connectivity index (χ1) is 8.31. The second kappa shape index (κ2) is 5.87. The van der Waals surface area contributed by atoms with E-state index >= 15 is 0 Å². The van der Waals surface area contributed by atoms with Crippen LogP contribution in [-0.2, 0) is 10.0 Å². The lowest BCUT2D eigenvalue weighted by Crippen LogP contribution is -2.35. The second-order valence-corrected chi connectivity index (χ2v) is 6.27. The van der Waals surface area contributed by atoms with Crippen molar-refractivity contribution in [2.75, 3.05) is 19.5 Å². The molecule has 0 aliphatic heterocycles. The van der Waals surface area contributed by atoms with E-state index in [4.69, 9.17) is 15.6 Å². The number of nitrogen functional groups attached to an aromatic ring is 1. The van der Waals surface area contributed by atoms with Gasteiger partial charge >= 0.3 is 0 Å². The molecular weight excluding hydrogens is 324 g/mol. The number of aliphatic hydroxyl groups excluding tert-OH is 1. The number of nitrogens with two attached hydrogens (primary N) is 1. The first kappa shape index (κ1) is 15.2. The monoisotopic (exact) mass is 338 g/mol. The lowest BCUT2D eigenvalue weighted by atomic mass is 10.3. The standard InChI is InChI=1S/C10H15BrN2O4S/c1-6(5-14)13-18(15,16)10-4-8(12)7(11)3-9(10)17-2/h3-4,6,13-14H,5,12H2,1-2H3/t6-/m1/s1. The third-order valence-corrected chi connectivity index (χ3v) is 4.50. The topological polar surface area (TPSA) is 102 Å². The van der Waals surface area contributed by atoms with Crippen LogP contribution in [0.15, 0.2) is 21.5 Å². The van der Waals surface area contributed by atoms with E-state index in [1.165, 1.54) is 19.2 Å². The van der Waals surface area contributed by atoms with Crippen LogP contribution in [0.4, 0.5) is 5.69 Å². The Bertz CT molecular complexity index is 533. The van der Waals surface area contributed by atoms with Crippen molar-refractivity contribution >= 4 is 31.6 Å². The van der Waals surface area contributed by atoms with Gasteiger partial charge in [0.2, 0.25) is 10.0 Å². The number of ether oxygens (including phenoxy) is 1. The summed E-state index contributed by atoms with van der Waals surface area (Å²) < 4.78 is 32.0. The molecule has 0 aromatic heterocycles. The number of methoxy groups -OCH3 is 1. The summed E-state index contributed by atoms with van der Waals surface area (Å²) in [4.78, 5) is -0.0639. The molecule has 0 radical (unpaired) electrons. The van der Waals surface area contributed by atoms with Gasteiger partial charge in [-0.1, -0.05) is 0 Å². The summed E-state index contributed by atoms with van der Waals surface area (Å²) in [6.07, 6.45) is 0. The van der Waals surface area contributed by atoms with Gasteiger partial charge in [-0.2, -0.15) is 0 Å². The van der Waals surface area contributed by atoms with Gasteiger partial charge in [0.25, 0.3) is 0 Å². The first-order valence-electron chi connectivity index (χ1n) is 5.08. The van der Waals surface area contributed by atoms with Crippen molar-refractivity contribution in [3.63, 3.8) is 0 Å². The van der Waals surface area contributed by atoms with E-state index in [-0.39, 0.29) is 22.9 Å². The van der Waals surface area contributed by atoms with Gasteiger partial charge in [0, 0.05) is 16.2 Å². The largest absolute Gasteiger partial charge is 0.495 e. The van der Waals surface area contributed by atoms with Gasteiger partial charge < -0.3 is 15.6 Å². The van der Waals surface area contributed by atoms with E-state index in [0.717, 1.165) is 0 Å². The normalized spacial score (nSPS) is 13.3. The lowest BCUT2D eigenvalue weighted by molar-refractivity contribution is 0.265. The molecule has 0 saturated heterocycles. The van der Waals surface area contributed by atoms with Crippen LogP contribution in [-0.4, -0.2) is 33.3 Å². The minimum Gasteiger partial charge on any atom is -0.495 e. The number of hydrogen-bond donors (Lipinski definition) is 3. The molecule has 102 valence electrons. The van der Waals surface area contributed by atoms with Gasteiger partial charge in [-0.25, -0.2) is 13.1 Å². The Hall–Kier alpha value is -0.830. The molecule has 0 unspecified atom stereocenters. The molecule has 0 bridgehead atoms. The smallest absolute Gasteiger partial charge is 0.244 e. The Morgan fingerprint density at radius 1 is 1.56 bits per heavy atom. The average Bonchev–Trinajstić information content (AvgIpc) is 2.31. The molecule has 1 aromatic carbocycles. The highest BCUT2D eigenvalue weighted by Crippen LogP contribution is 2.32. The summed E-state index contributed by atoms with van der Waals surface area (Å²) in [6, 6.07) is 2.19. The minimum absolute atomic E-state index is 0.0639. The zero-order chi connectivity index (χ0) is 13.9. The number of sulfonamides is 1. The van der Waals surface area contributed by atoms with Crippen molar-refractivity contribution in [1.82, 2.24) is 4.72 Å². The molecule has 0 spiro atoms. The second-order valence-electron chi connectivity index (χ2n) is 3.73. The van der Waals surface area contributed by atoms with Gasteiger partial charge in [-0.15, -0.1) is 0 Å². The average molecular weight is 339 g/mol. The van der Waals surface area contributed by atoms with Crippen LogP contribution < -0.4 is 15.2 Å². The Morgan fingerprint density at radius 3 is 2.67 bits per heavy atom. The predicted octanol–water partition coefficient (Wildman–Crippen LogP) is 0.699. The molecule has 0 amide bonds. The van der Waals surface area contributed by atoms with Gasteiger partial charge in [0.05, 0.1) is 13.7 Å². The molecule has 0 saturated carbocycles. The number of benzene rings is 1. The highest BCUT2D eigenvalue weighted by Gasteiger charge is 2.22. The highest BCUT2D eigenvalue weighted by molar-refractivity contribution is 9.10. The Kier molecular flexibility index (Phi) is 4.97. The molecule has 0 aliphatic carbocycles. The zero-order valence-corrected chi connectivity index (χ0v) is 12.4. The maximum atomic E-state index is 12.1. The summed E-state index contributed by atoms with van der Waals surface area (Å²) in [5.41, 5.74) is 5.95. The number of aliphatic hydroxyl groups is 1. The molecular formula is C10H15BrN2O4S. The van der Waals surface area contributed by atoms with E-state index in [1.54, 1.807) is 6.92 Å². The lowest BCUT2D eigenvalue weighted by Gasteiger charge is -2.15. The van der Waals surface area contributed by atoms with Crippen molar-refractivity contribution in [1.29, 1.82) is 0 Å². The highest BCUT2D eigenvalue weighted by atomic mass is 79.9. The Morgan fingerprint density at radius 2 is 2.17 bits per heavy atom. The van der Waals surface area contributed by atoms with Crippen LogP contribution in [0.25, 0.3) is 0 Å². The molecule has 0 aliphatic rings. The predicted molar refractivity (Wildman–Crippen MR) is 72.0 cm³/mol. The summed E-state index contributed by atoms with van der Waals surface area (Å²) in [5, 5.41) is 8.88. The third kappa shape index (κ3) is 3.35. The molecule has 1 atom stereocenters. The van der Waals surface area contributed by atoms with E-state index < -0.39 is 16.1 Å². The first-order valence-corrected chi connectivity index (χ1v) is 7.35. The molecule has 18 heavy (non-hydrogen) atoms. The quantitative estimate of drug-likeness (QED) is 0.686. The molecule has 6 nitrogen and oxygen atoms in total. The fourth-order valence-electron chi connectivity index (χ4n) is 1.29. The molecule has 8 heteroatoms. The van der Waals surface area contributed by atoms with E-state index in [2.05, 4.69) is 20.7 Å². The van der Waals surface area contributed by atoms with Crippen LogP contribution >= 0.6 is 15.9 Å². The molecule has 4 N–H and O–H groups in total. The number of halogens is 1. The number of nitrogens with one attached hydrogen (secondary N) is 1. The summed E-state index contributed by atoms with van der Waals surface area (Å²) >= 11 is 3.19. The van der Waals surface area contributed by atoms with Crippen LogP contribution in [0.2, 0.25) is 0 Å². The molecule has 1 aromatic rings. The fraction of sp³-hybridized carbons (Fsp3) is 0.400. The van der Waals surface area contributed by atoms with Crippen molar-refractivity contribution in [2.45, 2.75) is 17.9 Å². The number of rotatable bonds is 5. The maximum absolute atomic E-state index is 12.1. The molecule has 0 fully saturated rings.